The Morgan fingerprint density at radius 3 is 2.95 bits per heavy atom. The van der Waals surface area contributed by atoms with E-state index in [2.05, 4.69) is 9.97 Å². The first-order valence-electron chi connectivity index (χ1n) is 7.49. The maximum Gasteiger partial charge on any atom is 0.259 e. The Kier molecular flexibility index (Phi) is 3.52. The number of benzene rings is 1. The lowest BCUT2D eigenvalue weighted by molar-refractivity contribution is 0.110. The molecule has 4 nitrogen and oxygen atoms in total. The monoisotopic (exact) mass is 312 g/mol. The zero-order valence-corrected chi connectivity index (χ0v) is 12.9. The van der Waals surface area contributed by atoms with Gasteiger partial charge < -0.3 is 9.72 Å². The summed E-state index contributed by atoms with van der Waals surface area (Å²) in [7, 11) is 0. The second kappa shape index (κ2) is 5.66. The van der Waals surface area contributed by atoms with Crippen molar-refractivity contribution in [2.45, 2.75) is 25.4 Å². The van der Waals surface area contributed by atoms with E-state index in [9.17, 15) is 4.79 Å². The number of hydrogen-bond acceptors (Lipinski definition) is 4. The second-order valence-electron chi connectivity index (χ2n) is 5.55. The van der Waals surface area contributed by atoms with Crippen LogP contribution in [-0.2, 0) is 11.2 Å². The summed E-state index contributed by atoms with van der Waals surface area (Å²) < 4.78 is 5.62. The van der Waals surface area contributed by atoms with Crippen LogP contribution in [0.3, 0.4) is 0 Å². The number of aromatic nitrogens is 2. The first kappa shape index (κ1) is 13.7. The minimum absolute atomic E-state index is 0.0589. The van der Waals surface area contributed by atoms with Gasteiger partial charge in [0.05, 0.1) is 11.5 Å². The first-order chi connectivity index (χ1) is 10.8. The Balaban J connectivity index is 1.73. The minimum Gasteiger partial charge on any atom is -0.378 e. The number of ether oxygens (including phenoxy) is 1. The highest BCUT2D eigenvalue weighted by molar-refractivity contribution is 7.21. The van der Waals surface area contributed by atoms with E-state index in [0.717, 1.165) is 40.5 Å². The van der Waals surface area contributed by atoms with Crippen molar-refractivity contribution in [3.63, 3.8) is 0 Å². The van der Waals surface area contributed by atoms with Crippen LogP contribution in [0.4, 0.5) is 0 Å². The number of thiophene rings is 1. The van der Waals surface area contributed by atoms with E-state index in [0.29, 0.717) is 11.8 Å². The van der Waals surface area contributed by atoms with Crippen molar-refractivity contribution in [3.05, 3.63) is 52.6 Å². The van der Waals surface area contributed by atoms with Gasteiger partial charge in [-0.05, 0) is 24.5 Å². The Bertz CT molecular complexity index is 848. The molecule has 0 amide bonds. The van der Waals surface area contributed by atoms with Crippen molar-refractivity contribution in [2.24, 2.45) is 0 Å². The summed E-state index contributed by atoms with van der Waals surface area (Å²) in [4.78, 5) is 21.7. The van der Waals surface area contributed by atoms with Crippen LogP contribution in [0.1, 0.15) is 18.7 Å². The number of H-pyrrole nitrogens is 1. The zero-order chi connectivity index (χ0) is 14.9. The highest BCUT2D eigenvalue weighted by atomic mass is 32.1. The summed E-state index contributed by atoms with van der Waals surface area (Å²) in [6.07, 6.45) is 3.01. The van der Waals surface area contributed by atoms with Gasteiger partial charge in [0.1, 0.15) is 10.7 Å². The molecular weight excluding hydrogens is 296 g/mol. The van der Waals surface area contributed by atoms with Crippen molar-refractivity contribution in [2.75, 3.05) is 6.61 Å². The van der Waals surface area contributed by atoms with E-state index in [4.69, 9.17) is 4.74 Å². The number of hydrogen-bond donors (Lipinski definition) is 1. The topological polar surface area (TPSA) is 55.0 Å². The van der Waals surface area contributed by atoms with Crippen LogP contribution >= 0.6 is 11.3 Å². The van der Waals surface area contributed by atoms with Crippen LogP contribution in [0.5, 0.6) is 0 Å². The molecule has 0 radical (unpaired) electrons. The number of fused-ring (bicyclic) bond motifs is 1. The average molecular weight is 312 g/mol. The molecule has 1 saturated heterocycles. The fourth-order valence-electron chi connectivity index (χ4n) is 2.84. The second-order valence-corrected chi connectivity index (χ2v) is 6.58. The van der Waals surface area contributed by atoms with Gasteiger partial charge in [0, 0.05) is 17.9 Å². The van der Waals surface area contributed by atoms with Crippen LogP contribution in [-0.4, -0.2) is 22.7 Å². The summed E-state index contributed by atoms with van der Waals surface area (Å²) >= 11 is 1.56. The standard InChI is InChI=1S/C17H16N2O2S/c20-16-13-10-14(11-5-2-1-3-6-11)22-17(13)19-15(18-16)9-12-7-4-8-21-12/h1-3,5-6,10,12H,4,7-9H2,(H,18,19,20)/t12-/m0/s1. The molecule has 112 valence electrons. The predicted octanol–water partition coefficient (Wildman–Crippen LogP) is 3.37. The zero-order valence-electron chi connectivity index (χ0n) is 12.0. The summed E-state index contributed by atoms with van der Waals surface area (Å²) in [5, 5.41) is 0.667. The number of aromatic amines is 1. The molecule has 3 aromatic rings. The van der Waals surface area contributed by atoms with Crippen LogP contribution in [0, 0.1) is 0 Å². The van der Waals surface area contributed by atoms with E-state index in [1.165, 1.54) is 0 Å². The summed E-state index contributed by atoms with van der Waals surface area (Å²) in [5.41, 5.74) is 1.06. The Labute approximate surface area is 131 Å². The smallest absolute Gasteiger partial charge is 0.259 e. The third-order valence-electron chi connectivity index (χ3n) is 3.95. The number of rotatable bonds is 3. The van der Waals surface area contributed by atoms with Crippen molar-refractivity contribution < 1.29 is 4.74 Å². The normalized spacial score (nSPS) is 18.1. The molecule has 22 heavy (non-hydrogen) atoms. The van der Waals surface area contributed by atoms with Gasteiger partial charge in [-0.2, -0.15) is 0 Å². The molecule has 3 heterocycles. The van der Waals surface area contributed by atoms with E-state index in [1.807, 2.05) is 36.4 Å². The number of nitrogens with zero attached hydrogens (tertiary/aromatic N) is 1. The van der Waals surface area contributed by atoms with E-state index >= 15 is 0 Å². The van der Waals surface area contributed by atoms with Crippen LogP contribution < -0.4 is 5.56 Å². The molecule has 0 aliphatic carbocycles. The lowest BCUT2D eigenvalue weighted by Gasteiger charge is -2.07. The Morgan fingerprint density at radius 1 is 1.32 bits per heavy atom. The molecule has 0 spiro atoms. The maximum atomic E-state index is 12.3. The third-order valence-corrected chi connectivity index (χ3v) is 5.03. The summed E-state index contributed by atoms with van der Waals surface area (Å²) in [6.45, 7) is 0.814. The Hall–Kier alpha value is -1.98. The van der Waals surface area contributed by atoms with E-state index in [1.54, 1.807) is 11.3 Å². The van der Waals surface area contributed by atoms with Crippen molar-refractivity contribution in [3.8, 4) is 10.4 Å². The highest BCUT2D eigenvalue weighted by Crippen LogP contribution is 2.30. The van der Waals surface area contributed by atoms with Gasteiger partial charge in [-0.3, -0.25) is 4.79 Å². The molecule has 0 unspecified atom stereocenters. The minimum atomic E-state index is -0.0589. The van der Waals surface area contributed by atoms with Crippen LogP contribution in [0.25, 0.3) is 20.7 Å². The largest absolute Gasteiger partial charge is 0.378 e. The fourth-order valence-corrected chi connectivity index (χ4v) is 3.89. The molecule has 4 rings (SSSR count). The molecule has 0 saturated carbocycles. The maximum absolute atomic E-state index is 12.3. The first-order valence-corrected chi connectivity index (χ1v) is 8.31. The molecule has 2 aromatic heterocycles. The van der Waals surface area contributed by atoms with E-state index in [-0.39, 0.29) is 11.7 Å². The van der Waals surface area contributed by atoms with Gasteiger partial charge in [-0.25, -0.2) is 4.98 Å². The molecule has 1 aromatic carbocycles. The lowest BCUT2D eigenvalue weighted by Crippen LogP contribution is -2.16. The molecule has 1 atom stereocenters. The molecule has 5 heteroatoms. The van der Waals surface area contributed by atoms with Crippen LogP contribution in [0.15, 0.2) is 41.2 Å². The molecule has 0 bridgehead atoms. The fraction of sp³-hybridized carbons (Fsp3) is 0.294. The van der Waals surface area contributed by atoms with Gasteiger partial charge in [-0.1, -0.05) is 30.3 Å². The van der Waals surface area contributed by atoms with E-state index < -0.39 is 0 Å². The molecular formula is C17H16N2O2S. The average Bonchev–Trinajstić information content (AvgIpc) is 3.18. The molecule has 1 aliphatic heterocycles. The third kappa shape index (κ3) is 2.58. The Morgan fingerprint density at radius 2 is 2.18 bits per heavy atom. The predicted molar refractivity (Wildman–Crippen MR) is 88.4 cm³/mol. The highest BCUT2D eigenvalue weighted by Gasteiger charge is 2.18. The molecule has 1 aliphatic rings. The quantitative estimate of drug-likeness (QED) is 0.806. The molecule has 1 fully saturated rings. The van der Waals surface area contributed by atoms with Crippen molar-refractivity contribution >= 4 is 21.6 Å². The van der Waals surface area contributed by atoms with Gasteiger partial charge in [-0.15, -0.1) is 11.3 Å². The number of nitrogens with one attached hydrogen (secondary N) is 1. The summed E-state index contributed by atoms with van der Waals surface area (Å²) in [5.74, 6) is 0.728. The van der Waals surface area contributed by atoms with Gasteiger partial charge >= 0.3 is 0 Å². The van der Waals surface area contributed by atoms with Gasteiger partial charge in [0.15, 0.2) is 0 Å². The van der Waals surface area contributed by atoms with Crippen LogP contribution in [0.2, 0.25) is 0 Å². The van der Waals surface area contributed by atoms with Gasteiger partial charge in [0.2, 0.25) is 0 Å². The van der Waals surface area contributed by atoms with Crippen molar-refractivity contribution in [1.29, 1.82) is 0 Å². The SMILES string of the molecule is O=c1[nH]c(C[C@@H]2CCCO2)nc2sc(-c3ccccc3)cc12. The van der Waals surface area contributed by atoms with Gasteiger partial charge in [0.25, 0.3) is 5.56 Å². The lowest BCUT2D eigenvalue weighted by atomic mass is 10.1. The summed E-state index contributed by atoms with van der Waals surface area (Å²) in [6, 6.07) is 12.0. The molecule has 1 N–H and O–H groups in total. The van der Waals surface area contributed by atoms with Crippen molar-refractivity contribution in [1.82, 2.24) is 9.97 Å².